The minimum atomic E-state index is -3.72. The van der Waals surface area contributed by atoms with Crippen LogP contribution in [0.2, 0.25) is 0 Å². The average molecular weight is 283 g/mol. The van der Waals surface area contributed by atoms with Gasteiger partial charge in [0.1, 0.15) is 0 Å². The Bertz CT molecular complexity index is 690. The number of amides is 1. The van der Waals surface area contributed by atoms with Crippen molar-refractivity contribution in [2.24, 2.45) is 0 Å². The summed E-state index contributed by atoms with van der Waals surface area (Å²) in [6.07, 6.45) is 0. The summed E-state index contributed by atoms with van der Waals surface area (Å²) in [6, 6.07) is 4.00. The first kappa shape index (κ1) is 13.5. The summed E-state index contributed by atoms with van der Waals surface area (Å²) in [4.78, 5) is 22.7. The van der Waals surface area contributed by atoms with Gasteiger partial charge in [0, 0.05) is 0 Å². The van der Waals surface area contributed by atoms with Crippen LogP contribution in [0.15, 0.2) is 18.2 Å². The van der Waals surface area contributed by atoms with Crippen LogP contribution in [0, 0.1) is 6.92 Å². The molecule has 1 saturated heterocycles. The summed E-state index contributed by atoms with van der Waals surface area (Å²) < 4.78 is 23.3. The number of hydrogen-bond acceptors (Lipinski definition) is 4. The minimum Gasteiger partial charge on any atom is -0.478 e. The Labute approximate surface area is 110 Å². The number of carbonyl (C=O) groups is 2. The Morgan fingerprint density at radius 3 is 2.32 bits per heavy atom. The van der Waals surface area contributed by atoms with Gasteiger partial charge in [-0.25, -0.2) is 17.5 Å². The van der Waals surface area contributed by atoms with Gasteiger partial charge in [0.2, 0.25) is 0 Å². The highest BCUT2D eigenvalue weighted by molar-refractivity contribution is 7.98. The van der Waals surface area contributed by atoms with Crippen molar-refractivity contribution < 1.29 is 23.1 Å². The van der Waals surface area contributed by atoms with Gasteiger partial charge in [-0.3, -0.25) is 4.79 Å². The van der Waals surface area contributed by atoms with E-state index in [9.17, 15) is 18.0 Å². The predicted octanol–water partition coefficient (Wildman–Crippen LogP) is 1.15. The monoisotopic (exact) mass is 283 g/mol. The number of aryl methyl sites for hydroxylation is 1. The summed E-state index contributed by atoms with van der Waals surface area (Å²) in [5.74, 6) is -1.61. The number of sulfonamides is 1. The van der Waals surface area contributed by atoms with Crippen LogP contribution >= 0.6 is 0 Å². The van der Waals surface area contributed by atoms with E-state index < -0.39 is 26.6 Å². The highest BCUT2D eigenvalue weighted by atomic mass is 32.2. The molecule has 0 aliphatic carbocycles. The molecule has 6 nitrogen and oxygen atoms in total. The lowest BCUT2D eigenvalue weighted by Gasteiger charge is -2.42. The smallest absolute Gasteiger partial charge is 0.335 e. The lowest BCUT2D eigenvalue weighted by Crippen LogP contribution is -2.67. The van der Waals surface area contributed by atoms with Crippen molar-refractivity contribution in [3.05, 3.63) is 29.3 Å². The molecule has 0 spiro atoms. The number of rotatable bonds is 2. The van der Waals surface area contributed by atoms with Gasteiger partial charge in [-0.05, 0) is 44.5 Å². The summed E-state index contributed by atoms with van der Waals surface area (Å²) in [7, 11) is -3.72. The van der Waals surface area contributed by atoms with Gasteiger partial charge >= 0.3 is 5.97 Å². The van der Waals surface area contributed by atoms with E-state index in [4.69, 9.17) is 5.11 Å². The van der Waals surface area contributed by atoms with Crippen LogP contribution in [0.5, 0.6) is 0 Å². The zero-order chi connectivity index (χ0) is 14.6. The molecule has 2 rings (SSSR count). The molecule has 1 heterocycles. The Kier molecular flexibility index (Phi) is 2.71. The lowest BCUT2D eigenvalue weighted by atomic mass is 10.1. The second-order valence-electron chi connectivity index (χ2n) is 4.89. The summed E-state index contributed by atoms with van der Waals surface area (Å²) in [5, 5.41) is 8.91. The van der Waals surface area contributed by atoms with E-state index in [0.29, 0.717) is 9.87 Å². The fraction of sp³-hybridized carbons (Fsp3) is 0.333. The molecule has 0 atom stereocenters. The van der Waals surface area contributed by atoms with E-state index >= 15 is 0 Å². The molecule has 102 valence electrons. The van der Waals surface area contributed by atoms with Gasteiger partial charge < -0.3 is 5.11 Å². The molecular formula is C12H13NO5S. The molecule has 1 aliphatic heterocycles. The molecule has 1 amide bonds. The quantitative estimate of drug-likeness (QED) is 0.879. The van der Waals surface area contributed by atoms with Gasteiger partial charge in [0.05, 0.1) is 11.3 Å². The molecule has 0 aromatic heterocycles. The topological polar surface area (TPSA) is 91.8 Å². The molecule has 7 heteroatoms. The second-order valence-corrected chi connectivity index (χ2v) is 7.23. The van der Waals surface area contributed by atoms with Gasteiger partial charge in [-0.15, -0.1) is 0 Å². The Hall–Kier alpha value is -1.89. The normalized spacial score (nSPS) is 19.9. The highest BCUT2D eigenvalue weighted by Gasteiger charge is 2.60. The van der Waals surface area contributed by atoms with Gasteiger partial charge in [-0.2, -0.15) is 0 Å². The molecular weight excluding hydrogens is 270 g/mol. The van der Waals surface area contributed by atoms with E-state index in [-0.39, 0.29) is 11.3 Å². The Morgan fingerprint density at radius 2 is 1.89 bits per heavy atom. The molecule has 1 aromatic rings. The fourth-order valence-electron chi connectivity index (χ4n) is 1.92. The zero-order valence-electron chi connectivity index (χ0n) is 10.7. The van der Waals surface area contributed by atoms with E-state index in [1.165, 1.54) is 32.0 Å². The van der Waals surface area contributed by atoms with Crippen molar-refractivity contribution in [2.45, 2.75) is 25.5 Å². The number of nitrogens with zero attached hydrogens (tertiary/aromatic N) is 1. The van der Waals surface area contributed by atoms with E-state index in [1.807, 2.05) is 0 Å². The second kappa shape index (κ2) is 3.80. The number of aromatic carboxylic acids is 1. The lowest BCUT2D eigenvalue weighted by molar-refractivity contribution is -0.120. The highest BCUT2D eigenvalue weighted by Crippen LogP contribution is 2.39. The minimum absolute atomic E-state index is 0.0772. The number of hydrogen-bond donors (Lipinski definition) is 1. The molecule has 1 aliphatic rings. The third-order valence-electron chi connectivity index (χ3n) is 3.26. The predicted molar refractivity (Wildman–Crippen MR) is 68.6 cm³/mol. The average Bonchev–Trinajstić information content (AvgIpc) is 2.28. The van der Waals surface area contributed by atoms with Crippen LogP contribution in [0.25, 0.3) is 0 Å². The van der Waals surface area contributed by atoms with Gasteiger partial charge in [0.15, 0.2) is 4.75 Å². The van der Waals surface area contributed by atoms with Crippen LogP contribution in [0.3, 0.4) is 0 Å². The molecule has 1 fully saturated rings. The van der Waals surface area contributed by atoms with Crippen molar-refractivity contribution in [1.29, 1.82) is 0 Å². The number of benzene rings is 1. The van der Waals surface area contributed by atoms with Crippen LogP contribution in [-0.2, 0) is 14.8 Å². The van der Waals surface area contributed by atoms with Crippen molar-refractivity contribution in [2.75, 3.05) is 4.31 Å². The van der Waals surface area contributed by atoms with Crippen molar-refractivity contribution in [1.82, 2.24) is 0 Å². The molecule has 19 heavy (non-hydrogen) atoms. The van der Waals surface area contributed by atoms with Crippen molar-refractivity contribution in [3.8, 4) is 0 Å². The third kappa shape index (κ3) is 1.65. The Morgan fingerprint density at radius 1 is 1.32 bits per heavy atom. The number of carbonyl (C=O) groups excluding carboxylic acids is 1. The number of anilines is 1. The van der Waals surface area contributed by atoms with Crippen LogP contribution in [-0.4, -0.2) is 30.1 Å². The molecule has 0 unspecified atom stereocenters. The summed E-state index contributed by atoms with van der Waals surface area (Å²) >= 11 is 0. The standard InChI is InChI=1S/C12H13NO5S/c1-7-6-8(4-5-9(7)10(14)15)13-11(16)12(2,3)19(13,17)18/h4-6H,1-3H3,(H,14,15). The first-order chi connectivity index (χ1) is 8.60. The number of carboxylic acid groups (broad SMARTS) is 1. The van der Waals surface area contributed by atoms with Crippen LogP contribution in [0.4, 0.5) is 5.69 Å². The van der Waals surface area contributed by atoms with Gasteiger partial charge in [0.25, 0.3) is 15.9 Å². The fourth-order valence-corrected chi connectivity index (χ4v) is 3.40. The zero-order valence-corrected chi connectivity index (χ0v) is 11.5. The van der Waals surface area contributed by atoms with Crippen LogP contribution in [0.1, 0.15) is 29.8 Å². The molecule has 0 bridgehead atoms. The largest absolute Gasteiger partial charge is 0.478 e. The maximum Gasteiger partial charge on any atom is 0.335 e. The van der Waals surface area contributed by atoms with E-state index in [1.54, 1.807) is 6.92 Å². The number of carboxylic acids is 1. The van der Waals surface area contributed by atoms with Crippen LogP contribution < -0.4 is 4.31 Å². The van der Waals surface area contributed by atoms with E-state index in [2.05, 4.69) is 0 Å². The summed E-state index contributed by atoms with van der Waals surface area (Å²) in [6.45, 7) is 4.24. The molecule has 1 N–H and O–H groups in total. The first-order valence-electron chi connectivity index (χ1n) is 5.54. The van der Waals surface area contributed by atoms with E-state index in [0.717, 1.165) is 0 Å². The van der Waals surface area contributed by atoms with Crippen molar-refractivity contribution >= 4 is 27.6 Å². The van der Waals surface area contributed by atoms with Gasteiger partial charge in [-0.1, -0.05) is 0 Å². The Balaban J connectivity index is 2.49. The summed E-state index contributed by atoms with van der Waals surface area (Å²) in [5.41, 5.74) is 0.651. The maximum atomic E-state index is 12.0. The molecule has 0 saturated carbocycles. The maximum absolute atomic E-state index is 12.0. The third-order valence-corrected chi connectivity index (χ3v) is 5.58. The SMILES string of the molecule is Cc1cc(N2C(=O)C(C)(C)S2(=O)=O)ccc1C(=O)O. The van der Waals surface area contributed by atoms with Crippen molar-refractivity contribution in [3.63, 3.8) is 0 Å². The first-order valence-corrected chi connectivity index (χ1v) is 6.98. The molecule has 1 aromatic carbocycles. The molecule has 0 radical (unpaired) electrons.